The van der Waals surface area contributed by atoms with E-state index in [2.05, 4.69) is 6.92 Å². The van der Waals surface area contributed by atoms with Gasteiger partial charge in [0.2, 0.25) is 0 Å². The van der Waals surface area contributed by atoms with Crippen LogP contribution in [-0.4, -0.2) is 30.7 Å². The van der Waals surface area contributed by atoms with Gasteiger partial charge in [-0.3, -0.25) is 4.90 Å². The molecule has 0 rings (SSSR count). The fourth-order valence-corrected chi connectivity index (χ4v) is 0.945. The van der Waals surface area contributed by atoms with Crippen molar-refractivity contribution in [2.24, 2.45) is 0 Å². The Bertz CT molecular complexity index is 142. The first-order valence-corrected chi connectivity index (χ1v) is 5.19. The van der Waals surface area contributed by atoms with E-state index >= 15 is 0 Å². The lowest BCUT2D eigenvalue weighted by molar-refractivity contribution is 0.114. The van der Waals surface area contributed by atoms with E-state index in [1.807, 2.05) is 0 Å². The Morgan fingerprint density at radius 2 is 2.08 bits per heavy atom. The lowest BCUT2D eigenvalue weighted by Gasteiger charge is -2.12. The summed E-state index contributed by atoms with van der Waals surface area (Å²) in [7, 11) is 1.61. The quantitative estimate of drug-likeness (QED) is 0.381. The minimum Gasteiger partial charge on any atom is -0.449 e. The Morgan fingerprint density at radius 3 is 2.62 bits per heavy atom. The highest BCUT2D eigenvalue weighted by Gasteiger charge is 2.06. The molecule has 0 aromatic rings. The number of alkyl halides is 1. The molecule has 0 saturated carbocycles. The molecule has 0 aliphatic carbocycles. The van der Waals surface area contributed by atoms with E-state index in [9.17, 15) is 4.79 Å². The summed E-state index contributed by atoms with van der Waals surface area (Å²) in [6.45, 7) is 2.65. The predicted octanol–water partition coefficient (Wildman–Crippen LogP) is 2.83. The second-order valence-electron chi connectivity index (χ2n) is 2.99. The van der Waals surface area contributed by atoms with Gasteiger partial charge in [-0.15, -0.1) is 11.6 Å². The molecule has 4 heteroatoms. The van der Waals surface area contributed by atoms with Gasteiger partial charge in [-0.2, -0.15) is 0 Å². The number of carbonyl (C=O) groups is 1. The summed E-state index contributed by atoms with van der Waals surface area (Å²) < 4.78 is 4.94. The van der Waals surface area contributed by atoms with Gasteiger partial charge in [0, 0.05) is 7.05 Å². The zero-order chi connectivity index (χ0) is 10.1. The molecule has 3 nitrogen and oxygen atoms in total. The van der Waals surface area contributed by atoms with Crippen LogP contribution in [0.5, 0.6) is 0 Å². The predicted molar refractivity (Wildman–Crippen MR) is 54.0 cm³/mol. The Morgan fingerprint density at radius 1 is 1.38 bits per heavy atom. The van der Waals surface area contributed by atoms with Crippen LogP contribution in [0.3, 0.4) is 0 Å². The van der Waals surface area contributed by atoms with Crippen molar-refractivity contribution < 1.29 is 9.53 Å². The smallest absolute Gasteiger partial charge is 0.410 e. The number of carbonyl (C=O) groups excluding carboxylic acids is 1. The van der Waals surface area contributed by atoms with Gasteiger partial charge in [-0.1, -0.05) is 26.2 Å². The van der Waals surface area contributed by atoms with Crippen molar-refractivity contribution in [3.63, 3.8) is 0 Å². The highest BCUT2D eigenvalue weighted by molar-refractivity contribution is 6.18. The standard InChI is InChI=1S/C9H18ClNO2/c1-3-4-5-6-7-13-9(12)11(2)8-10/h3-8H2,1-2H3. The molecule has 0 aromatic carbocycles. The highest BCUT2D eigenvalue weighted by Crippen LogP contribution is 2.00. The summed E-state index contributed by atoms with van der Waals surface area (Å²) in [5.41, 5.74) is 0. The Labute approximate surface area is 85.0 Å². The number of rotatable bonds is 6. The van der Waals surface area contributed by atoms with Gasteiger partial charge in [-0.05, 0) is 6.42 Å². The molecule has 0 radical (unpaired) electrons. The number of halogens is 1. The van der Waals surface area contributed by atoms with E-state index in [1.54, 1.807) is 7.05 Å². The fourth-order valence-electron chi connectivity index (χ4n) is 0.847. The van der Waals surface area contributed by atoms with Crippen molar-refractivity contribution in [3.05, 3.63) is 0 Å². The molecule has 0 heterocycles. The minimum atomic E-state index is -0.341. The van der Waals surface area contributed by atoms with E-state index in [4.69, 9.17) is 16.3 Å². The van der Waals surface area contributed by atoms with E-state index in [0.29, 0.717) is 6.61 Å². The zero-order valence-corrected chi connectivity index (χ0v) is 9.14. The van der Waals surface area contributed by atoms with E-state index in [-0.39, 0.29) is 12.1 Å². The van der Waals surface area contributed by atoms with Gasteiger partial charge in [0.15, 0.2) is 0 Å². The summed E-state index contributed by atoms with van der Waals surface area (Å²) in [5, 5.41) is 0. The average Bonchev–Trinajstić information content (AvgIpc) is 2.16. The molecule has 0 spiro atoms. The monoisotopic (exact) mass is 207 g/mol. The van der Waals surface area contributed by atoms with E-state index < -0.39 is 0 Å². The first-order valence-electron chi connectivity index (χ1n) is 4.66. The molecule has 13 heavy (non-hydrogen) atoms. The number of nitrogens with zero attached hydrogens (tertiary/aromatic N) is 1. The molecular weight excluding hydrogens is 190 g/mol. The van der Waals surface area contributed by atoms with Crippen molar-refractivity contribution in [1.82, 2.24) is 4.90 Å². The third kappa shape index (κ3) is 6.70. The SMILES string of the molecule is CCCCCCOC(=O)N(C)CCl. The van der Waals surface area contributed by atoms with Crippen LogP contribution in [0.15, 0.2) is 0 Å². The van der Waals surface area contributed by atoms with Gasteiger partial charge >= 0.3 is 6.09 Å². The topological polar surface area (TPSA) is 29.5 Å². The van der Waals surface area contributed by atoms with Crippen LogP contribution in [0.25, 0.3) is 0 Å². The normalized spacial score (nSPS) is 9.77. The van der Waals surface area contributed by atoms with Crippen molar-refractivity contribution in [2.75, 3.05) is 19.7 Å². The van der Waals surface area contributed by atoms with Crippen LogP contribution < -0.4 is 0 Å². The maximum absolute atomic E-state index is 11.0. The van der Waals surface area contributed by atoms with Crippen LogP contribution in [0, 0.1) is 0 Å². The molecule has 0 aliphatic rings. The first kappa shape index (κ1) is 12.6. The number of hydrogen-bond acceptors (Lipinski definition) is 2. The van der Waals surface area contributed by atoms with Crippen molar-refractivity contribution in [3.8, 4) is 0 Å². The summed E-state index contributed by atoms with van der Waals surface area (Å²) in [6, 6.07) is 0.174. The van der Waals surface area contributed by atoms with Crippen molar-refractivity contribution in [1.29, 1.82) is 0 Å². The molecular formula is C9H18ClNO2. The molecule has 0 saturated heterocycles. The highest BCUT2D eigenvalue weighted by atomic mass is 35.5. The molecule has 0 fully saturated rings. The summed E-state index contributed by atoms with van der Waals surface area (Å²) in [6.07, 6.45) is 4.11. The minimum absolute atomic E-state index is 0.174. The summed E-state index contributed by atoms with van der Waals surface area (Å²) in [5.74, 6) is 0. The maximum atomic E-state index is 11.0. The fraction of sp³-hybridized carbons (Fsp3) is 0.889. The van der Waals surface area contributed by atoms with Crippen LogP contribution in [0.2, 0.25) is 0 Å². The van der Waals surface area contributed by atoms with Gasteiger partial charge < -0.3 is 4.74 Å². The average molecular weight is 208 g/mol. The number of unbranched alkanes of at least 4 members (excludes halogenated alkanes) is 3. The number of amides is 1. The summed E-state index contributed by atoms with van der Waals surface area (Å²) >= 11 is 5.43. The van der Waals surface area contributed by atoms with Crippen molar-refractivity contribution >= 4 is 17.7 Å². The van der Waals surface area contributed by atoms with Gasteiger partial charge in [0.05, 0.1) is 12.6 Å². The molecule has 0 N–H and O–H groups in total. The zero-order valence-electron chi connectivity index (χ0n) is 8.38. The number of hydrogen-bond donors (Lipinski definition) is 0. The Balaban J connectivity index is 3.27. The first-order chi connectivity index (χ1) is 6.22. The van der Waals surface area contributed by atoms with E-state index in [1.165, 1.54) is 17.7 Å². The van der Waals surface area contributed by atoms with Crippen LogP contribution >= 0.6 is 11.6 Å². The van der Waals surface area contributed by atoms with Crippen molar-refractivity contribution in [2.45, 2.75) is 32.6 Å². The van der Waals surface area contributed by atoms with Gasteiger partial charge in [-0.25, -0.2) is 4.79 Å². The van der Waals surface area contributed by atoms with Gasteiger partial charge in [0.1, 0.15) is 0 Å². The van der Waals surface area contributed by atoms with Crippen LogP contribution in [0.4, 0.5) is 4.79 Å². The molecule has 0 aromatic heterocycles. The maximum Gasteiger partial charge on any atom is 0.410 e. The van der Waals surface area contributed by atoms with Gasteiger partial charge in [0.25, 0.3) is 0 Å². The Hall–Kier alpha value is -0.440. The second kappa shape index (κ2) is 8.17. The van der Waals surface area contributed by atoms with Crippen LogP contribution in [-0.2, 0) is 4.74 Å². The third-order valence-electron chi connectivity index (χ3n) is 1.71. The molecule has 0 bridgehead atoms. The molecule has 0 unspecified atom stereocenters. The van der Waals surface area contributed by atoms with E-state index in [0.717, 1.165) is 12.8 Å². The lowest BCUT2D eigenvalue weighted by atomic mass is 10.2. The molecule has 0 aliphatic heterocycles. The third-order valence-corrected chi connectivity index (χ3v) is 2.07. The second-order valence-corrected chi connectivity index (χ2v) is 3.23. The van der Waals surface area contributed by atoms with Crippen LogP contribution in [0.1, 0.15) is 32.6 Å². The largest absolute Gasteiger partial charge is 0.449 e. The summed E-state index contributed by atoms with van der Waals surface area (Å²) in [4.78, 5) is 12.4. The molecule has 78 valence electrons. The molecule has 1 amide bonds. The Kier molecular flexibility index (Phi) is 7.90. The molecule has 0 atom stereocenters. The lowest BCUT2D eigenvalue weighted by Crippen LogP contribution is -2.26. The number of ether oxygens (including phenoxy) is 1.